The van der Waals surface area contributed by atoms with Crippen LogP contribution in [0.1, 0.15) is 46.0 Å². The second-order valence-electron chi connectivity index (χ2n) is 8.07. The largest absolute Gasteiger partial charge is 0.493 e. The van der Waals surface area contributed by atoms with E-state index in [2.05, 4.69) is 13.8 Å². The maximum atomic E-state index is 13.3. The van der Waals surface area contributed by atoms with Gasteiger partial charge in [-0.3, -0.25) is 9.59 Å². The summed E-state index contributed by atoms with van der Waals surface area (Å²) in [5.41, 5.74) is 0.650. The van der Waals surface area contributed by atoms with Crippen molar-refractivity contribution >= 4 is 17.5 Å². The maximum Gasteiger partial charge on any atom is 0.228 e. The molecule has 1 unspecified atom stereocenters. The summed E-state index contributed by atoms with van der Waals surface area (Å²) in [6.07, 6.45) is 4.68. The Labute approximate surface area is 172 Å². The molecule has 1 saturated carbocycles. The maximum absolute atomic E-state index is 13.3. The van der Waals surface area contributed by atoms with Gasteiger partial charge >= 0.3 is 0 Å². The zero-order valence-electron chi connectivity index (χ0n) is 18.1. The van der Waals surface area contributed by atoms with E-state index in [9.17, 15) is 9.59 Å². The van der Waals surface area contributed by atoms with Crippen molar-refractivity contribution in [3.8, 4) is 17.2 Å². The molecule has 7 nitrogen and oxygen atoms in total. The van der Waals surface area contributed by atoms with Crippen LogP contribution >= 0.6 is 0 Å². The van der Waals surface area contributed by atoms with Crippen LogP contribution in [0, 0.1) is 5.92 Å². The normalized spacial score (nSPS) is 19.7. The minimum atomic E-state index is -0.329. The Bertz CT molecular complexity index is 733. The smallest absolute Gasteiger partial charge is 0.228 e. The zero-order chi connectivity index (χ0) is 21.1. The van der Waals surface area contributed by atoms with Gasteiger partial charge in [0.2, 0.25) is 17.6 Å². The van der Waals surface area contributed by atoms with Crippen LogP contribution in [0.2, 0.25) is 0 Å². The van der Waals surface area contributed by atoms with Gasteiger partial charge in [0, 0.05) is 37.2 Å². The van der Waals surface area contributed by atoms with Gasteiger partial charge in [-0.25, -0.2) is 0 Å². The van der Waals surface area contributed by atoms with Crippen molar-refractivity contribution in [1.82, 2.24) is 4.90 Å². The Morgan fingerprint density at radius 3 is 2.14 bits per heavy atom. The van der Waals surface area contributed by atoms with Crippen molar-refractivity contribution < 1.29 is 23.8 Å². The highest BCUT2D eigenvalue weighted by atomic mass is 16.5. The Morgan fingerprint density at radius 2 is 1.66 bits per heavy atom. The van der Waals surface area contributed by atoms with Crippen LogP contribution in [0.5, 0.6) is 17.2 Å². The first-order valence-electron chi connectivity index (χ1n) is 10.3. The van der Waals surface area contributed by atoms with E-state index in [0.717, 1.165) is 12.8 Å². The number of nitrogens with zero attached hydrogens (tertiary/aromatic N) is 2. The molecule has 2 amide bonds. The fourth-order valence-electron chi connectivity index (χ4n) is 4.59. The first-order chi connectivity index (χ1) is 13.9. The summed E-state index contributed by atoms with van der Waals surface area (Å²) in [5, 5.41) is 0. The lowest BCUT2D eigenvalue weighted by molar-refractivity contribution is -0.140. The molecule has 0 bridgehead atoms. The lowest BCUT2D eigenvalue weighted by Gasteiger charge is -2.34. The van der Waals surface area contributed by atoms with Crippen LogP contribution in [0.3, 0.4) is 0 Å². The van der Waals surface area contributed by atoms with E-state index < -0.39 is 0 Å². The molecule has 7 heteroatoms. The second kappa shape index (κ2) is 8.93. The molecule has 1 aromatic carbocycles. The van der Waals surface area contributed by atoms with Gasteiger partial charge in [-0.1, -0.05) is 12.8 Å². The first kappa shape index (κ1) is 21.3. The van der Waals surface area contributed by atoms with Crippen molar-refractivity contribution in [2.75, 3.05) is 32.8 Å². The number of hydrogen-bond acceptors (Lipinski definition) is 5. The van der Waals surface area contributed by atoms with Crippen molar-refractivity contribution in [2.24, 2.45) is 5.92 Å². The highest BCUT2D eigenvalue weighted by molar-refractivity contribution is 6.00. The standard InChI is InChI=1S/C22H32N2O5/c1-14(2)24(16-8-6-7-9-16)22(26)15-10-20(25)23(13-15)17-11-18(27-3)21(29-5)19(12-17)28-4/h11-12,14-16H,6-10,13H2,1-5H3. The first-order valence-corrected chi connectivity index (χ1v) is 10.3. The van der Waals surface area contributed by atoms with Crippen LogP contribution in [-0.4, -0.2) is 56.7 Å². The molecule has 0 radical (unpaired) electrons. The molecule has 1 aromatic rings. The quantitative estimate of drug-likeness (QED) is 0.698. The van der Waals surface area contributed by atoms with Crippen molar-refractivity contribution in [2.45, 2.75) is 58.0 Å². The molecule has 0 N–H and O–H groups in total. The van der Waals surface area contributed by atoms with Crippen molar-refractivity contribution in [3.63, 3.8) is 0 Å². The summed E-state index contributed by atoms with van der Waals surface area (Å²) in [7, 11) is 4.63. The fourth-order valence-corrected chi connectivity index (χ4v) is 4.59. The van der Waals surface area contributed by atoms with Gasteiger partial charge < -0.3 is 24.0 Å². The van der Waals surface area contributed by atoms with E-state index in [1.165, 1.54) is 12.8 Å². The molecule has 0 aromatic heterocycles. The van der Waals surface area contributed by atoms with E-state index in [4.69, 9.17) is 14.2 Å². The number of rotatable bonds is 7. The molecule has 1 aliphatic heterocycles. The van der Waals surface area contributed by atoms with E-state index in [0.29, 0.717) is 35.5 Å². The predicted molar refractivity (Wildman–Crippen MR) is 111 cm³/mol. The number of carbonyl (C=O) groups is 2. The minimum Gasteiger partial charge on any atom is -0.493 e. The molecular formula is C22H32N2O5. The summed E-state index contributed by atoms with van der Waals surface area (Å²) >= 11 is 0. The molecule has 3 rings (SSSR count). The molecule has 1 heterocycles. The molecule has 2 aliphatic rings. The molecule has 1 saturated heterocycles. The number of amides is 2. The highest BCUT2D eigenvalue weighted by Crippen LogP contribution is 2.42. The van der Waals surface area contributed by atoms with Crippen LogP contribution in [0.15, 0.2) is 12.1 Å². The Kier molecular flexibility index (Phi) is 6.55. The number of benzene rings is 1. The third kappa shape index (κ3) is 4.14. The molecule has 0 spiro atoms. The number of methoxy groups -OCH3 is 3. The molecule has 160 valence electrons. The summed E-state index contributed by atoms with van der Waals surface area (Å²) in [6, 6.07) is 3.94. The van der Waals surface area contributed by atoms with Crippen LogP contribution in [-0.2, 0) is 9.59 Å². The third-order valence-electron chi connectivity index (χ3n) is 5.96. The zero-order valence-corrected chi connectivity index (χ0v) is 18.1. The van der Waals surface area contributed by atoms with Gasteiger partial charge in [0.05, 0.1) is 32.9 Å². The monoisotopic (exact) mass is 404 g/mol. The van der Waals surface area contributed by atoms with Gasteiger partial charge in [0.1, 0.15) is 0 Å². The number of anilines is 1. The van der Waals surface area contributed by atoms with Crippen molar-refractivity contribution in [1.29, 1.82) is 0 Å². The molecule has 1 atom stereocenters. The Balaban J connectivity index is 1.83. The average molecular weight is 405 g/mol. The van der Waals surface area contributed by atoms with Gasteiger partial charge in [-0.15, -0.1) is 0 Å². The summed E-state index contributed by atoms with van der Waals surface area (Å²) in [6.45, 7) is 4.49. The van der Waals surface area contributed by atoms with E-state index >= 15 is 0 Å². The number of carbonyl (C=O) groups excluding carboxylic acids is 2. The topological polar surface area (TPSA) is 68.3 Å². The van der Waals surface area contributed by atoms with E-state index in [-0.39, 0.29) is 30.2 Å². The average Bonchev–Trinajstić information content (AvgIpc) is 3.36. The number of hydrogen-bond donors (Lipinski definition) is 0. The molecular weight excluding hydrogens is 372 g/mol. The van der Waals surface area contributed by atoms with Crippen LogP contribution < -0.4 is 19.1 Å². The SMILES string of the molecule is COc1cc(N2CC(C(=O)N(C(C)C)C3CCCC3)CC2=O)cc(OC)c1OC. The summed E-state index contributed by atoms with van der Waals surface area (Å²) in [5.74, 6) is 1.15. The minimum absolute atomic E-state index is 0.0623. The Hall–Kier alpha value is -2.44. The fraction of sp³-hybridized carbons (Fsp3) is 0.636. The lowest BCUT2D eigenvalue weighted by atomic mass is 10.0. The van der Waals surface area contributed by atoms with Gasteiger partial charge in [0.25, 0.3) is 0 Å². The van der Waals surface area contributed by atoms with Crippen molar-refractivity contribution in [3.05, 3.63) is 12.1 Å². The Morgan fingerprint density at radius 1 is 1.07 bits per heavy atom. The van der Waals surface area contributed by atoms with Crippen LogP contribution in [0.25, 0.3) is 0 Å². The van der Waals surface area contributed by atoms with Crippen LogP contribution in [0.4, 0.5) is 5.69 Å². The molecule has 29 heavy (non-hydrogen) atoms. The van der Waals surface area contributed by atoms with Gasteiger partial charge in [0.15, 0.2) is 11.5 Å². The van der Waals surface area contributed by atoms with E-state index in [1.807, 2.05) is 4.90 Å². The highest BCUT2D eigenvalue weighted by Gasteiger charge is 2.40. The van der Waals surface area contributed by atoms with Gasteiger partial charge in [-0.2, -0.15) is 0 Å². The van der Waals surface area contributed by atoms with Gasteiger partial charge in [-0.05, 0) is 26.7 Å². The summed E-state index contributed by atoms with van der Waals surface area (Å²) < 4.78 is 16.2. The number of ether oxygens (including phenoxy) is 3. The molecule has 1 aliphatic carbocycles. The molecule has 2 fully saturated rings. The summed E-state index contributed by atoms with van der Waals surface area (Å²) in [4.78, 5) is 29.8. The van der Waals surface area contributed by atoms with E-state index in [1.54, 1.807) is 38.4 Å². The predicted octanol–water partition coefficient (Wildman–Crippen LogP) is 3.24. The lowest BCUT2D eigenvalue weighted by Crippen LogP contribution is -2.47. The second-order valence-corrected chi connectivity index (χ2v) is 8.07. The third-order valence-corrected chi connectivity index (χ3v) is 5.96.